The third-order valence-corrected chi connectivity index (χ3v) is 4.16. The average Bonchev–Trinajstić information content (AvgIpc) is 2.46. The zero-order valence-electron chi connectivity index (χ0n) is 11.2. The van der Waals surface area contributed by atoms with Crippen molar-refractivity contribution in [3.63, 3.8) is 0 Å². The molecule has 18 heavy (non-hydrogen) atoms. The highest BCUT2D eigenvalue weighted by Crippen LogP contribution is 2.32. The van der Waals surface area contributed by atoms with Gasteiger partial charge >= 0.3 is 0 Å². The molecule has 0 amide bonds. The fourth-order valence-corrected chi connectivity index (χ4v) is 2.93. The standard InChI is InChI=1S/C16H24O2/c1-2-12-7-6-10-14(11-12)16(18)15(17)13-8-4-3-5-9-13/h6-7,10-11,13,15-18H,2-5,8-9H2,1H3. The molecule has 1 aromatic carbocycles. The molecule has 0 bridgehead atoms. The van der Waals surface area contributed by atoms with Gasteiger partial charge in [-0.15, -0.1) is 0 Å². The Kier molecular flexibility index (Phi) is 4.79. The number of hydrogen-bond donors (Lipinski definition) is 2. The molecule has 0 spiro atoms. The van der Waals surface area contributed by atoms with Crippen LogP contribution < -0.4 is 0 Å². The lowest BCUT2D eigenvalue weighted by Crippen LogP contribution is -2.29. The fraction of sp³-hybridized carbons (Fsp3) is 0.625. The summed E-state index contributed by atoms with van der Waals surface area (Å²) in [7, 11) is 0. The van der Waals surface area contributed by atoms with Gasteiger partial charge in [-0.25, -0.2) is 0 Å². The second-order valence-corrected chi connectivity index (χ2v) is 5.43. The van der Waals surface area contributed by atoms with Crippen LogP contribution in [0.2, 0.25) is 0 Å². The predicted octanol–water partition coefficient (Wildman–Crippen LogP) is 3.22. The maximum absolute atomic E-state index is 10.3. The Morgan fingerprint density at radius 3 is 2.56 bits per heavy atom. The van der Waals surface area contributed by atoms with Gasteiger partial charge in [0.2, 0.25) is 0 Å². The summed E-state index contributed by atoms with van der Waals surface area (Å²) in [4.78, 5) is 0. The van der Waals surface area contributed by atoms with Gasteiger partial charge in [0, 0.05) is 0 Å². The maximum atomic E-state index is 10.3. The molecule has 2 unspecified atom stereocenters. The van der Waals surface area contributed by atoms with Gasteiger partial charge in [0.15, 0.2) is 0 Å². The molecule has 0 aliphatic heterocycles. The molecule has 2 heteroatoms. The van der Waals surface area contributed by atoms with E-state index in [0.29, 0.717) is 0 Å². The van der Waals surface area contributed by atoms with E-state index < -0.39 is 12.2 Å². The third-order valence-electron chi connectivity index (χ3n) is 4.16. The summed E-state index contributed by atoms with van der Waals surface area (Å²) in [6.07, 6.45) is 5.34. The first kappa shape index (κ1) is 13.6. The summed E-state index contributed by atoms with van der Waals surface area (Å²) in [5.74, 6) is 0.263. The summed E-state index contributed by atoms with van der Waals surface area (Å²) >= 11 is 0. The van der Waals surface area contributed by atoms with E-state index in [1.165, 1.54) is 24.8 Å². The number of aryl methyl sites for hydroxylation is 1. The van der Waals surface area contributed by atoms with Crippen molar-refractivity contribution in [2.45, 2.75) is 57.7 Å². The molecule has 1 aromatic rings. The maximum Gasteiger partial charge on any atom is 0.105 e. The van der Waals surface area contributed by atoms with Gasteiger partial charge in [0.05, 0.1) is 6.10 Å². The largest absolute Gasteiger partial charge is 0.390 e. The van der Waals surface area contributed by atoms with Crippen molar-refractivity contribution >= 4 is 0 Å². The Morgan fingerprint density at radius 1 is 1.17 bits per heavy atom. The molecule has 0 heterocycles. The molecule has 2 nitrogen and oxygen atoms in total. The van der Waals surface area contributed by atoms with Gasteiger partial charge in [-0.1, -0.05) is 50.5 Å². The molecule has 1 aliphatic rings. The van der Waals surface area contributed by atoms with Gasteiger partial charge < -0.3 is 10.2 Å². The molecular formula is C16H24O2. The van der Waals surface area contributed by atoms with Crippen LogP contribution in [0, 0.1) is 5.92 Å². The quantitative estimate of drug-likeness (QED) is 0.859. The molecule has 0 saturated heterocycles. The number of benzene rings is 1. The lowest BCUT2D eigenvalue weighted by atomic mass is 9.82. The lowest BCUT2D eigenvalue weighted by Gasteiger charge is -2.30. The van der Waals surface area contributed by atoms with E-state index in [-0.39, 0.29) is 5.92 Å². The number of hydrogen-bond acceptors (Lipinski definition) is 2. The Labute approximate surface area is 110 Å². The van der Waals surface area contributed by atoms with Crippen molar-refractivity contribution in [2.75, 3.05) is 0 Å². The SMILES string of the molecule is CCc1cccc(C(O)C(O)C2CCCCC2)c1. The van der Waals surface area contributed by atoms with Crippen molar-refractivity contribution in [1.29, 1.82) is 0 Å². The normalized spacial score (nSPS) is 20.6. The van der Waals surface area contributed by atoms with Crippen molar-refractivity contribution in [3.8, 4) is 0 Å². The van der Waals surface area contributed by atoms with Gasteiger partial charge in [-0.3, -0.25) is 0 Å². The average molecular weight is 248 g/mol. The molecule has 100 valence electrons. The van der Waals surface area contributed by atoms with Gasteiger partial charge in [0.1, 0.15) is 6.10 Å². The first-order valence-corrected chi connectivity index (χ1v) is 7.17. The Bertz CT molecular complexity index is 369. The van der Waals surface area contributed by atoms with Gasteiger partial charge in [0.25, 0.3) is 0 Å². The molecule has 2 N–H and O–H groups in total. The van der Waals surface area contributed by atoms with E-state index in [4.69, 9.17) is 0 Å². The van der Waals surface area contributed by atoms with Crippen molar-refractivity contribution in [2.24, 2.45) is 5.92 Å². The van der Waals surface area contributed by atoms with E-state index in [0.717, 1.165) is 24.8 Å². The molecule has 1 aliphatic carbocycles. The Hall–Kier alpha value is -0.860. The molecule has 0 aromatic heterocycles. The van der Waals surface area contributed by atoms with Crippen molar-refractivity contribution in [1.82, 2.24) is 0 Å². The summed E-state index contributed by atoms with van der Waals surface area (Å²) in [6.45, 7) is 2.10. The minimum atomic E-state index is -0.736. The highest BCUT2D eigenvalue weighted by Gasteiger charge is 2.28. The van der Waals surface area contributed by atoms with Crippen LogP contribution in [0.25, 0.3) is 0 Å². The van der Waals surface area contributed by atoms with Crippen LogP contribution in [0.15, 0.2) is 24.3 Å². The highest BCUT2D eigenvalue weighted by molar-refractivity contribution is 5.25. The molecule has 0 radical (unpaired) electrons. The van der Waals surface area contributed by atoms with Crippen molar-refractivity contribution in [3.05, 3.63) is 35.4 Å². The summed E-state index contributed by atoms with van der Waals surface area (Å²) in [5, 5.41) is 20.6. The van der Waals surface area contributed by atoms with Crippen LogP contribution in [0.3, 0.4) is 0 Å². The van der Waals surface area contributed by atoms with E-state index >= 15 is 0 Å². The molecular weight excluding hydrogens is 224 g/mol. The summed E-state index contributed by atoms with van der Waals surface area (Å²) in [5.41, 5.74) is 2.06. The number of rotatable bonds is 4. The minimum absolute atomic E-state index is 0.263. The van der Waals surface area contributed by atoms with Gasteiger partial charge in [-0.2, -0.15) is 0 Å². The van der Waals surface area contributed by atoms with Crippen LogP contribution in [-0.4, -0.2) is 16.3 Å². The third kappa shape index (κ3) is 3.12. The monoisotopic (exact) mass is 248 g/mol. The fourth-order valence-electron chi connectivity index (χ4n) is 2.93. The summed E-state index contributed by atoms with van der Waals surface area (Å²) < 4.78 is 0. The Balaban J connectivity index is 2.06. The van der Waals surface area contributed by atoms with Crippen LogP contribution in [0.1, 0.15) is 56.3 Å². The zero-order chi connectivity index (χ0) is 13.0. The summed E-state index contributed by atoms with van der Waals surface area (Å²) in [6, 6.07) is 7.95. The van der Waals surface area contributed by atoms with E-state index in [9.17, 15) is 10.2 Å². The van der Waals surface area contributed by atoms with Crippen LogP contribution in [-0.2, 0) is 6.42 Å². The minimum Gasteiger partial charge on any atom is -0.390 e. The first-order valence-electron chi connectivity index (χ1n) is 7.17. The predicted molar refractivity (Wildman–Crippen MR) is 73.4 cm³/mol. The highest BCUT2D eigenvalue weighted by atomic mass is 16.3. The molecule has 1 fully saturated rings. The smallest absolute Gasteiger partial charge is 0.105 e. The van der Waals surface area contributed by atoms with E-state index in [1.807, 2.05) is 18.2 Å². The van der Waals surface area contributed by atoms with Crippen LogP contribution >= 0.6 is 0 Å². The van der Waals surface area contributed by atoms with Crippen molar-refractivity contribution < 1.29 is 10.2 Å². The van der Waals surface area contributed by atoms with Crippen LogP contribution in [0.5, 0.6) is 0 Å². The van der Waals surface area contributed by atoms with Crippen LogP contribution in [0.4, 0.5) is 0 Å². The molecule has 2 atom stereocenters. The van der Waals surface area contributed by atoms with Gasteiger partial charge in [-0.05, 0) is 36.3 Å². The second-order valence-electron chi connectivity index (χ2n) is 5.43. The lowest BCUT2D eigenvalue weighted by molar-refractivity contribution is -0.0286. The first-order chi connectivity index (χ1) is 8.72. The number of aliphatic hydroxyl groups excluding tert-OH is 2. The second kappa shape index (κ2) is 6.35. The van der Waals surface area contributed by atoms with E-state index in [1.54, 1.807) is 0 Å². The zero-order valence-corrected chi connectivity index (χ0v) is 11.2. The molecule has 1 saturated carbocycles. The van der Waals surface area contributed by atoms with E-state index in [2.05, 4.69) is 13.0 Å². The Morgan fingerprint density at radius 2 is 1.89 bits per heavy atom. The molecule has 2 rings (SSSR count). The number of aliphatic hydroxyl groups is 2. The topological polar surface area (TPSA) is 40.5 Å².